The molecule has 0 aliphatic carbocycles. The molecule has 2 heterocycles. The lowest BCUT2D eigenvalue weighted by Crippen LogP contribution is -2.15. The van der Waals surface area contributed by atoms with Crippen LogP contribution in [0.15, 0.2) is 51.7 Å². The summed E-state index contributed by atoms with van der Waals surface area (Å²) in [5, 5.41) is 12.9. The number of aliphatic hydroxyl groups is 1. The van der Waals surface area contributed by atoms with E-state index in [-0.39, 0.29) is 44.7 Å². The maximum atomic E-state index is 13.9. The van der Waals surface area contributed by atoms with Gasteiger partial charge in [-0.1, -0.05) is 6.07 Å². The summed E-state index contributed by atoms with van der Waals surface area (Å²) in [6.45, 7) is 4.26. The predicted octanol–water partition coefficient (Wildman–Crippen LogP) is 6.43. The molecule has 0 aliphatic rings. The first-order valence-corrected chi connectivity index (χ1v) is 10.9. The minimum absolute atomic E-state index is 0.0657. The normalized spacial score (nSPS) is 12.7. The van der Waals surface area contributed by atoms with Gasteiger partial charge in [-0.25, -0.2) is 13.8 Å². The number of pyridine rings is 1. The zero-order valence-electron chi connectivity index (χ0n) is 19.4. The van der Waals surface area contributed by atoms with E-state index in [0.717, 1.165) is 23.8 Å². The quantitative estimate of drug-likeness (QED) is 0.306. The van der Waals surface area contributed by atoms with Crippen molar-refractivity contribution in [2.75, 3.05) is 5.32 Å². The van der Waals surface area contributed by atoms with Crippen LogP contribution in [-0.2, 0) is 12.8 Å². The number of anilines is 1. The molecule has 1 unspecified atom stereocenters. The molecular formula is C26H21F5N2O3. The van der Waals surface area contributed by atoms with Gasteiger partial charge in [0, 0.05) is 16.7 Å². The predicted molar refractivity (Wildman–Crippen MR) is 125 cm³/mol. The van der Waals surface area contributed by atoms with E-state index in [2.05, 4.69) is 10.3 Å². The van der Waals surface area contributed by atoms with E-state index in [4.69, 9.17) is 4.42 Å². The van der Waals surface area contributed by atoms with Crippen molar-refractivity contribution in [3.63, 3.8) is 0 Å². The van der Waals surface area contributed by atoms with Crippen LogP contribution in [0.5, 0.6) is 0 Å². The molecule has 4 aromatic rings. The van der Waals surface area contributed by atoms with Gasteiger partial charge in [0.25, 0.3) is 0 Å². The van der Waals surface area contributed by atoms with Gasteiger partial charge in [-0.3, -0.25) is 4.79 Å². The Kier molecular flexibility index (Phi) is 6.57. The number of benzene rings is 2. The molecule has 2 N–H and O–H groups in total. The smallest absolute Gasteiger partial charge is 0.433 e. The van der Waals surface area contributed by atoms with Crippen molar-refractivity contribution in [1.82, 2.24) is 4.98 Å². The van der Waals surface area contributed by atoms with Gasteiger partial charge < -0.3 is 14.8 Å². The fourth-order valence-corrected chi connectivity index (χ4v) is 4.02. The Morgan fingerprint density at radius 2 is 1.78 bits per heavy atom. The number of hydrogen-bond acceptors (Lipinski definition) is 5. The van der Waals surface area contributed by atoms with Gasteiger partial charge in [-0.05, 0) is 62.7 Å². The Morgan fingerprint density at radius 3 is 2.42 bits per heavy atom. The number of nitrogens with one attached hydrogen (secondary N) is 1. The largest absolute Gasteiger partial charge is 0.455 e. The van der Waals surface area contributed by atoms with Crippen LogP contribution in [0.2, 0.25) is 0 Å². The lowest BCUT2D eigenvalue weighted by Gasteiger charge is -2.20. The van der Waals surface area contributed by atoms with Crippen LogP contribution in [0.3, 0.4) is 0 Å². The number of aromatic nitrogens is 1. The van der Waals surface area contributed by atoms with Crippen molar-refractivity contribution < 1.29 is 31.5 Å². The minimum Gasteiger partial charge on any atom is -0.455 e. The van der Waals surface area contributed by atoms with E-state index in [0.29, 0.717) is 5.56 Å². The molecule has 0 bridgehead atoms. The zero-order valence-corrected chi connectivity index (χ0v) is 19.4. The second-order valence-electron chi connectivity index (χ2n) is 8.46. The van der Waals surface area contributed by atoms with Gasteiger partial charge in [0.2, 0.25) is 0 Å². The van der Waals surface area contributed by atoms with Gasteiger partial charge in [0.05, 0.1) is 29.4 Å². The summed E-state index contributed by atoms with van der Waals surface area (Å²) in [6.07, 6.45) is -4.67. The van der Waals surface area contributed by atoms with Crippen molar-refractivity contribution in [3.8, 4) is 11.3 Å². The van der Waals surface area contributed by atoms with Crippen LogP contribution in [0.4, 0.5) is 27.6 Å². The standard InChI is InChI=1S/C26H21F5N2O3/c1-12-8-16(14(3)32-20-6-7-22(26(29,30)31)33-21(20)11-34)25-17(9-12)23(35)13(2)24(36-25)15-4-5-18(27)19(28)10-15/h4-10,14,32,34H,11H2,1-3H3. The third-order valence-electron chi connectivity index (χ3n) is 5.83. The molecule has 0 spiro atoms. The zero-order chi connectivity index (χ0) is 26.4. The lowest BCUT2D eigenvalue weighted by molar-refractivity contribution is -0.141. The van der Waals surface area contributed by atoms with Crippen molar-refractivity contribution in [3.05, 3.63) is 92.4 Å². The van der Waals surface area contributed by atoms with E-state index < -0.39 is 36.2 Å². The summed E-state index contributed by atoms with van der Waals surface area (Å²) in [7, 11) is 0. The van der Waals surface area contributed by atoms with E-state index in [1.807, 2.05) is 0 Å². The van der Waals surface area contributed by atoms with Crippen LogP contribution in [0.1, 0.15) is 41.0 Å². The molecule has 0 aliphatic heterocycles. The second kappa shape index (κ2) is 9.34. The Balaban J connectivity index is 1.84. The topological polar surface area (TPSA) is 75.4 Å². The Morgan fingerprint density at radius 1 is 1.06 bits per heavy atom. The highest BCUT2D eigenvalue weighted by Gasteiger charge is 2.33. The number of fused-ring (bicyclic) bond motifs is 1. The Bertz CT molecular complexity index is 1530. The molecule has 2 aromatic carbocycles. The van der Waals surface area contributed by atoms with Gasteiger partial charge in [0.1, 0.15) is 17.0 Å². The number of nitrogens with zero attached hydrogens (tertiary/aromatic N) is 1. The van der Waals surface area contributed by atoms with Gasteiger partial charge >= 0.3 is 6.18 Å². The minimum atomic E-state index is -4.67. The number of halogens is 5. The molecule has 0 saturated carbocycles. The average Bonchev–Trinajstić information content (AvgIpc) is 2.82. The summed E-state index contributed by atoms with van der Waals surface area (Å²) in [5.41, 5.74) is 0.259. The molecule has 10 heteroatoms. The highest BCUT2D eigenvalue weighted by atomic mass is 19.4. The number of rotatable bonds is 5. The van der Waals surface area contributed by atoms with Gasteiger partial charge in [-0.2, -0.15) is 13.2 Å². The first kappa shape index (κ1) is 25.3. The highest BCUT2D eigenvalue weighted by molar-refractivity contribution is 5.84. The summed E-state index contributed by atoms with van der Waals surface area (Å²) in [5.74, 6) is -2.07. The SMILES string of the molecule is Cc1cc(C(C)Nc2ccc(C(F)(F)F)nc2CO)c2oc(-c3ccc(F)c(F)c3)c(C)c(=O)c2c1. The number of aliphatic hydroxyl groups excluding tert-OH is 1. The lowest BCUT2D eigenvalue weighted by atomic mass is 9.98. The maximum Gasteiger partial charge on any atom is 0.433 e. The van der Waals surface area contributed by atoms with Crippen LogP contribution in [0.25, 0.3) is 22.3 Å². The fraction of sp³-hybridized carbons (Fsp3) is 0.231. The number of aryl methyl sites for hydroxylation is 1. The molecular weight excluding hydrogens is 483 g/mol. The maximum absolute atomic E-state index is 13.9. The van der Waals surface area contributed by atoms with E-state index in [1.165, 1.54) is 19.1 Å². The monoisotopic (exact) mass is 504 g/mol. The molecule has 0 radical (unpaired) electrons. The van der Waals surface area contributed by atoms with Crippen molar-refractivity contribution in [2.45, 2.75) is 39.6 Å². The second-order valence-corrected chi connectivity index (χ2v) is 8.46. The molecule has 2 aromatic heterocycles. The fourth-order valence-electron chi connectivity index (χ4n) is 4.02. The molecule has 1 atom stereocenters. The summed E-state index contributed by atoms with van der Waals surface area (Å²) >= 11 is 0. The van der Waals surface area contributed by atoms with Crippen molar-refractivity contribution in [2.24, 2.45) is 0 Å². The van der Waals surface area contributed by atoms with E-state index >= 15 is 0 Å². The molecule has 0 saturated heterocycles. The molecule has 5 nitrogen and oxygen atoms in total. The van der Waals surface area contributed by atoms with E-state index in [9.17, 15) is 31.9 Å². The summed E-state index contributed by atoms with van der Waals surface area (Å²) in [6, 6.07) is 7.90. The van der Waals surface area contributed by atoms with E-state index in [1.54, 1.807) is 26.0 Å². The molecule has 36 heavy (non-hydrogen) atoms. The third-order valence-corrected chi connectivity index (χ3v) is 5.83. The number of hydrogen-bond donors (Lipinski definition) is 2. The van der Waals surface area contributed by atoms with Gasteiger partial charge in [-0.15, -0.1) is 0 Å². The molecule has 4 rings (SSSR count). The summed E-state index contributed by atoms with van der Waals surface area (Å²) in [4.78, 5) is 16.7. The molecule has 0 amide bonds. The highest BCUT2D eigenvalue weighted by Crippen LogP contribution is 2.34. The van der Waals surface area contributed by atoms with Crippen LogP contribution in [0, 0.1) is 25.5 Å². The van der Waals surface area contributed by atoms with Crippen molar-refractivity contribution >= 4 is 16.7 Å². The van der Waals surface area contributed by atoms with Gasteiger partial charge in [0.15, 0.2) is 17.1 Å². The van der Waals surface area contributed by atoms with Crippen LogP contribution >= 0.6 is 0 Å². The molecule has 0 fully saturated rings. The number of alkyl halides is 3. The Labute approximate surface area is 202 Å². The van der Waals surface area contributed by atoms with Crippen molar-refractivity contribution in [1.29, 1.82) is 0 Å². The Hall–Kier alpha value is -3.79. The molecule has 188 valence electrons. The summed E-state index contributed by atoms with van der Waals surface area (Å²) < 4.78 is 72.5. The van der Waals surface area contributed by atoms with Crippen LogP contribution < -0.4 is 10.7 Å². The first-order chi connectivity index (χ1) is 16.9. The average molecular weight is 504 g/mol. The third kappa shape index (κ3) is 4.68. The van der Waals surface area contributed by atoms with Crippen LogP contribution in [-0.4, -0.2) is 10.1 Å². The first-order valence-electron chi connectivity index (χ1n) is 10.9.